The first-order chi connectivity index (χ1) is 6.79. The van der Waals surface area contributed by atoms with E-state index < -0.39 is 0 Å². The second-order valence-electron chi connectivity index (χ2n) is 3.15. The standard InChI is InChI=1S/C13H15I/c1-3-8-12(13(14)4-2)11-9-6-5-7-10-11/h3-9,11H,1,10H2,2H3/b12-8-,13-4+/t11-/m0/s1. The van der Waals surface area contributed by atoms with Crippen LogP contribution in [-0.2, 0) is 0 Å². The van der Waals surface area contributed by atoms with E-state index in [0.717, 1.165) is 6.42 Å². The molecule has 14 heavy (non-hydrogen) atoms. The normalized spacial score (nSPS) is 22.6. The van der Waals surface area contributed by atoms with Crippen molar-refractivity contribution in [3.8, 4) is 0 Å². The molecule has 1 atom stereocenters. The molecular formula is C13H15I. The second-order valence-corrected chi connectivity index (χ2v) is 4.31. The maximum Gasteiger partial charge on any atom is 0.0125 e. The quantitative estimate of drug-likeness (QED) is 0.529. The van der Waals surface area contributed by atoms with E-state index in [1.807, 2.05) is 6.08 Å². The van der Waals surface area contributed by atoms with Gasteiger partial charge < -0.3 is 0 Å². The molecule has 0 aliphatic heterocycles. The van der Waals surface area contributed by atoms with Crippen molar-refractivity contribution in [3.63, 3.8) is 0 Å². The fourth-order valence-corrected chi connectivity index (χ4v) is 2.06. The van der Waals surface area contributed by atoms with Gasteiger partial charge in [0.05, 0.1) is 0 Å². The van der Waals surface area contributed by atoms with E-state index >= 15 is 0 Å². The summed E-state index contributed by atoms with van der Waals surface area (Å²) in [4.78, 5) is 0. The van der Waals surface area contributed by atoms with E-state index in [1.165, 1.54) is 9.15 Å². The Morgan fingerprint density at radius 3 is 2.79 bits per heavy atom. The summed E-state index contributed by atoms with van der Waals surface area (Å²) in [5, 5.41) is 0. The Balaban J connectivity index is 2.89. The van der Waals surface area contributed by atoms with Crippen molar-refractivity contribution in [1.29, 1.82) is 0 Å². The number of allylic oxidation sites excluding steroid dienone is 9. The van der Waals surface area contributed by atoms with Crippen LogP contribution in [0.2, 0.25) is 0 Å². The van der Waals surface area contributed by atoms with Crippen LogP contribution in [0.5, 0.6) is 0 Å². The number of halogens is 1. The molecule has 0 radical (unpaired) electrons. The van der Waals surface area contributed by atoms with E-state index in [1.54, 1.807) is 0 Å². The maximum atomic E-state index is 3.76. The lowest BCUT2D eigenvalue weighted by Gasteiger charge is -2.16. The van der Waals surface area contributed by atoms with Gasteiger partial charge in [-0.2, -0.15) is 0 Å². The summed E-state index contributed by atoms with van der Waals surface area (Å²) in [6, 6.07) is 0. The Kier molecular flexibility index (Phi) is 4.94. The molecule has 1 rings (SSSR count). The molecule has 0 amide bonds. The van der Waals surface area contributed by atoms with Crippen molar-refractivity contribution in [2.24, 2.45) is 5.92 Å². The molecule has 0 N–H and O–H groups in total. The highest BCUT2D eigenvalue weighted by atomic mass is 127. The molecule has 0 unspecified atom stereocenters. The first-order valence-electron chi connectivity index (χ1n) is 4.77. The predicted molar refractivity (Wildman–Crippen MR) is 72.4 cm³/mol. The first kappa shape index (κ1) is 11.5. The van der Waals surface area contributed by atoms with Gasteiger partial charge in [-0.05, 0) is 41.5 Å². The van der Waals surface area contributed by atoms with Crippen LogP contribution in [0.4, 0.5) is 0 Å². The molecule has 0 spiro atoms. The Labute approximate surface area is 99.9 Å². The zero-order chi connectivity index (χ0) is 10.4. The largest absolute Gasteiger partial charge is 0.0991 e. The third-order valence-electron chi connectivity index (χ3n) is 2.21. The van der Waals surface area contributed by atoms with Gasteiger partial charge in [-0.1, -0.05) is 49.1 Å². The van der Waals surface area contributed by atoms with Crippen LogP contribution in [-0.4, -0.2) is 0 Å². The van der Waals surface area contributed by atoms with Crippen LogP contribution in [0.15, 0.2) is 58.3 Å². The van der Waals surface area contributed by atoms with Crippen molar-refractivity contribution in [2.45, 2.75) is 13.3 Å². The highest BCUT2D eigenvalue weighted by Crippen LogP contribution is 2.30. The van der Waals surface area contributed by atoms with Crippen molar-refractivity contribution in [3.05, 3.63) is 58.3 Å². The molecule has 0 aromatic heterocycles. The van der Waals surface area contributed by atoms with Crippen LogP contribution in [0.1, 0.15) is 13.3 Å². The van der Waals surface area contributed by atoms with Gasteiger partial charge in [-0.15, -0.1) is 0 Å². The zero-order valence-electron chi connectivity index (χ0n) is 8.41. The highest BCUT2D eigenvalue weighted by Gasteiger charge is 2.12. The summed E-state index contributed by atoms with van der Waals surface area (Å²) in [6.07, 6.45) is 15.9. The summed E-state index contributed by atoms with van der Waals surface area (Å²) in [6.45, 7) is 5.83. The van der Waals surface area contributed by atoms with Crippen molar-refractivity contribution in [2.75, 3.05) is 0 Å². The van der Waals surface area contributed by atoms with Gasteiger partial charge in [0.1, 0.15) is 0 Å². The highest BCUT2D eigenvalue weighted by molar-refractivity contribution is 14.1. The van der Waals surface area contributed by atoms with Crippen LogP contribution in [0, 0.1) is 5.92 Å². The summed E-state index contributed by atoms with van der Waals surface area (Å²) >= 11 is 2.38. The Hall–Kier alpha value is -0.570. The van der Waals surface area contributed by atoms with E-state index in [-0.39, 0.29) is 0 Å². The lowest BCUT2D eigenvalue weighted by atomic mass is 9.91. The summed E-state index contributed by atoms with van der Waals surface area (Å²) in [5.74, 6) is 0.515. The van der Waals surface area contributed by atoms with Crippen molar-refractivity contribution in [1.82, 2.24) is 0 Å². The number of rotatable bonds is 3. The SMILES string of the molecule is C=C/C=C(\C(I)=C/C)[C@H]1C=CC=CC1. The maximum absolute atomic E-state index is 3.76. The van der Waals surface area contributed by atoms with Crippen LogP contribution in [0.25, 0.3) is 0 Å². The predicted octanol–water partition coefficient (Wildman–Crippen LogP) is 4.57. The number of hydrogen-bond donors (Lipinski definition) is 0. The van der Waals surface area contributed by atoms with Gasteiger partial charge >= 0.3 is 0 Å². The van der Waals surface area contributed by atoms with Gasteiger partial charge in [-0.25, -0.2) is 0 Å². The van der Waals surface area contributed by atoms with E-state index in [9.17, 15) is 0 Å². The first-order valence-corrected chi connectivity index (χ1v) is 5.85. The van der Waals surface area contributed by atoms with E-state index in [2.05, 4.69) is 72.5 Å². The van der Waals surface area contributed by atoms with Crippen LogP contribution < -0.4 is 0 Å². The third-order valence-corrected chi connectivity index (χ3v) is 3.45. The topological polar surface area (TPSA) is 0 Å². The molecule has 0 aromatic carbocycles. The summed E-state index contributed by atoms with van der Waals surface area (Å²) in [5.41, 5.74) is 1.36. The summed E-state index contributed by atoms with van der Waals surface area (Å²) in [7, 11) is 0. The average Bonchev–Trinajstić information content (AvgIpc) is 2.26. The Morgan fingerprint density at radius 2 is 2.29 bits per heavy atom. The second kappa shape index (κ2) is 6.02. The van der Waals surface area contributed by atoms with Gasteiger partial charge in [0.2, 0.25) is 0 Å². The molecule has 0 saturated carbocycles. The Morgan fingerprint density at radius 1 is 1.50 bits per heavy atom. The minimum Gasteiger partial charge on any atom is -0.0991 e. The monoisotopic (exact) mass is 298 g/mol. The third kappa shape index (κ3) is 2.98. The molecule has 0 nitrogen and oxygen atoms in total. The minimum atomic E-state index is 0.515. The minimum absolute atomic E-state index is 0.515. The van der Waals surface area contributed by atoms with Crippen LogP contribution in [0.3, 0.4) is 0 Å². The fraction of sp³-hybridized carbons (Fsp3) is 0.231. The average molecular weight is 298 g/mol. The summed E-state index contributed by atoms with van der Waals surface area (Å²) < 4.78 is 1.31. The fourth-order valence-electron chi connectivity index (χ4n) is 1.49. The van der Waals surface area contributed by atoms with Gasteiger partial charge in [0, 0.05) is 9.50 Å². The lowest BCUT2D eigenvalue weighted by Crippen LogP contribution is -2.02. The molecule has 0 aromatic rings. The lowest BCUT2D eigenvalue weighted by molar-refractivity contribution is 0.785. The van der Waals surface area contributed by atoms with Gasteiger partial charge in [0.15, 0.2) is 0 Å². The zero-order valence-corrected chi connectivity index (χ0v) is 10.6. The number of hydrogen-bond acceptors (Lipinski definition) is 0. The molecule has 1 heteroatoms. The molecular weight excluding hydrogens is 283 g/mol. The van der Waals surface area contributed by atoms with Gasteiger partial charge in [0.25, 0.3) is 0 Å². The van der Waals surface area contributed by atoms with Gasteiger partial charge in [-0.3, -0.25) is 0 Å². The smallest absolute Gasteiger partial charge is 0.0125 e. The molecule has 0 saturated heterocycles. The van der Waals surface area contributed by atoms with Crippen LogP contribution >= 0.6 is 22.6 Å². The van der Waals surface area contributed by atoms with Crippen molar-refractivity contribution < 1.29 is 0 Å². The molecule has 0 bridgehead atoms. The molecule has 74 valence electrons. The van der Waals surface area contributed by atoms with E-state index in [4.69, 9.17) is 0 Å². The molecule has 1 aliphatic carbocycles. The van der Waals surface area contributed by atoms with Crippen molar-refractivity contribution >= 4 is 22.6 Å². The molecule has 0 fully saturated rings. The van der Waals surface area contributed by atoms with E-state index in [0.29, 0.717) is 5.92 Å². The molecule has 0 heterocycles. The molecule has 1 aliphatic rings. The Bertz CT molecular complexity index is 316.